The van der Waals surface area contributed by atoms with Gasteiger partial charge in [0.05, 0.1) is 21.2 Å². The summed E-state index contributed by atoms with van der Waals surface area (Å²) in [6.07, 6.45) is 0. The standard InChI is InChI=1S/C28H26N4O12S6/c1-16(17-2-12-23(25(14-17)49(39,40)41)31-27(45)29-19-4-8-21(9-5-19)47(33,34)35)18-3-13-24(26(15-18)50(42,43)44)32-28(46)30-20-6-10-22(11-7-20)48(36,37)38/h2-16H,1H3,(H2,29,31,45)(H2,30,32,46)(H,33,34,35)(H,36,37,38)(H,39,40,41)(H,42,43,44). The van der Waals surface area contributed by atoms with Crippen molar-refractivity contribution >= 4 is 97.9 Å². The van der Waals surface area contributed by atoms with E-state index in [0.29, 0.717) is 11.1 Å². The highest BCUT2D eigenvalue weighted by Crippen LogP contribution is 2.33. The maximum atomic E-state index is 12.4. The number of rotatable bonds is 10. The molecule has 0 bridgehead atoms. The number of thiocarbonyl (C=S) groups is 2. The van der Waals surface area contributed by atoms with E-state index in [9.17, 15) is 42.8 Å². The van der Waals surface area contributed by atoms with Crippen LogP contribution < -0.4 is 21.3 Å². The van der Waals surface area contributed by atoms with Crippen LogP contribution in [0.4, 0.5) is 22.7 Å². The molecule has 50 heavy (non-hydrogen) atoms. The second-order valence-corrected chi connectivity index (χ2v) is 16.8. The van der Waals surface area contributed by atoms with Crippen LogP contribution in [0.3, 0.4) is 0 Å². The molecular formula is C28H26N4O12S6. The minimum atomic E-state index is -4.85. The lowest BCUT2D eigenvalue weighted by Gasteiger charge is -2.19. The molecule has 0 aromatic heterocycles. The van der Waals surface area contributed by atoms with Gasteiger partial charge in [0.2, 0.25) is 0 Å². The maximum Gasteiger partial charge on any atom is 0.296 e. The molecular weight excluding hydrogens is 777 g/mol. The van der Waals surface area contributed by atoms with Crippen molar-refractivity contribution in [2.24, 2.45) is 0 Å². The molecule has 0 aliphatic carbocycles. The van der Waals surface area contributed by atoms with E-state index in [1.54, 1.807) is 6.92 Å². The summed E-state index contributed by atoms with van der Waals surface area (Å²) in [5.41, 5.74) is 0.898. The lowest BCUT2D eigenvalue weighted by molar-refractivity contribution is 0.481. The Kier molecular flexibility index (Phi) is 11.3. The molecule has 0 fully saturated rings. The molecule has 0 spiro atoms. The molecule has 8 N–H and O–H groups in total. The van der Waals surface area contributed by atoms with Gasteiger partial charge < -0.3 is 21.3 Å². The highest BCUT2D eigenvalue weighted by atomic mass is 32.2. The van der Waals surface area contributed by atoms with Crippen molar-refractivity contribution in [3.05, 3.63) is 96.1 Å². The summed E-state index contributed by atoms with van der Waals surface area (Å²) in [6, 6.07) is 17.5. The molecule has 0 unspecified atom stereocenters. The summed E-state index contributed by atoms with van der Waals surface area (Å²) >= 11 is 10.4. The predicted octanol–water partition coefficient (Wildman–Crippen LogP) is 4.44. The number of hydrogen-bond donors (Lipinski definition) is 8. The highest BCUT2D eigenvalue weighted by molar-refractivity contribution is 7.86. The Hall–Kier alpha value is -4.10. The number of hydrogen-bond acceptors (Lipinski definition) is 10. The highest BCUT2D eigenvalue weighted by Gasteiger charge is 2.23. The summed E-state index contributed by atoms with van der Waals surface area (Å²) in [5.74, 6) is -0.711. The average Bonchev–Trinajstić information content (AvgIpc) is 2.99. The molecule has 266 valence electrons. The molecule has 0 aliphatic rings. The molecule has 0 heterocycles. The molecule has 0 saturated carbocycles. The van der Waals surface area contributed by atoms with Crippen molar-refractivity contribution in [2.45, 2.75) is 32.4 Å². The van der Waals surface area contributed by atoms with E-state index in [2.05, 4.69) is 21.3 Å². The van der Waals surface area contributed by atoms with Crippen LogP contribution in [-0.2, 0) is 40.5 Å². The molecule has 22 heteroatoms. The van der Waals surface area contributed by atoms with Gasteiger partial charge in [0, 0.05) is 17.3 Å². The van der Waals surface area contributed by atoms with Gasteiger partial charge >= 0.3 is 0 Å². The third-order valence-corrected chi connectivity index (χ3v) is 10.8. The van der Waals surface area contributed by atoms with Crippen LogP contribution in [0.15, 0.2) is 105 Å². The Balaban J connectivity index is 1.56. The molecule has 4 aromatic rings. The molecule has 0 aliphatic heterocycles. The zero-order chi connectivity index (χ0) is 37.2. The Morgan fingerprint density at radius 1 is 0.500 bits per heavy atom. The molecule has 0 atom stereocenters. The average molecular weight is 803 g/mol. The Morgan fingerprint density at radius 2 is 0.820 bits per heavy atom. The first kappa shape index (κ1) is 38.7. The van der Waals surface area contributed by atoms with Gasteiger partial charge in [0.1, 0.15) is 9.79 Å². The van der Waals surface area contributed by atoms with Crippen LogP contribution in [0.5, 0.6) is 0 Å². The summed E-state index contributed by atoms with van der Waals surface area (Å²) < 4.78 is 133. The Labute approximate surface area is 297 Å². The fraction of sp³-hybridized carbons (Fsp3) is 0.0714. The van der Waals surface area contributed by atoms with Gasteiger partial charge in [-0.15, -0.1) is 0 Å². The van der Waals surface area contributed by atoms with Crippen molar-refractivity contribution in [3.63, 3.8) is 0 Å². The van der Waals surface area contributed by atoms with Crippen LogP contribution in [0.2, 0.25) is 0 Å². The summed E-state index contributed by atoms with van der Waals surface area (Å²) in [4.78, 5) is -1.89. The van der Waals surface area contributed by atoms with E-state index in [4.69, 9.17) is 33.5 Å². The van der Waals surface area contributed by atoms with Gasteiger partial charge in [-0.2, -0.15) is 33.7 Å². The maximum absolute atomic E-state index is 12.4. The van der Waals surface area contributed by atoms with Crippen molar-refractivity contribution in [2.75, 3.05) is 21.3 Å². The lowest BCUT2D eigenvalue weighted by atomic mass is 9.93. The van der Waals surface area contributed by atoms with Gasteiger partial charge in [-0.05, 0) is 108 Å². The SMILES string of the molecule is CC(c1ccc(NC(=S)Nc2ccc(S(=O)(=O)O)cc2)c(S(=O)(=O)O)c1)c1ccc(NC(=S)Nc2ccc(S(=O)(=O)O)cc2)c(S(=O)(=O)O)c1. The lowest BCUT2D eigenvalue weighted by Crippen LogP contribution is -2.21. The van der Waals surface area contributed by atoms with E-state index in [1.807, 2.05) is 0 Å². The number of anilines is 4. The van der Waals surface area contributed by atoms with Crippen molar-refractivity contribution < 1.29 is 51.9 Å². The number of nitrogens with one attached hydrogen (secondary N) is 4. The van der Waals surface area contributed by atoms with Gasteiger partial charge in [-0.25, -0.2) is 0 Å². The van der Waals surface area contributed by atoms with Crippen LogP contribution in [0, 0.1) is 0 Å². The first-order valence-corrected chi connectivity index (χ1v) is 20.1. The largest absolute Gasteiger partial charge is 0.332 e. The van der Waals surface area contributed by atoms with E-state index < -0.39 is 56.2 Å². The quantitative estimate of drug-likeness (QED) is 0.0813. The minimum absolute atomic E-state index is 0.137. The summed E-state index contributed by atoms with van der Waals surface area (Å²) in [7, 11) is -18.6. The Bertz CT molecular complexity index is 2250. The predicted molar refractivity (Wildman–Crippen MR) is 192 cm³/mol. The normalized spacial score (nSPS) is 12.3. The van der Waals surface area contributed by atoms with Gasteiger partial charge in [-0.1, -0.05) is 19.1 Å². The number of benzene rings is 4. The van der Waals surface area contributed by atoms with Gasteiger partial charge in [-0.3, -0.25) is 18.2 Å². The van der Waals surface area contributed by atoms with Crippen LogP contribution >= 0.6 is 24.4 Å². The van der Waals surface area contributed by atoms with E-state index in [0.717, 1.165) is 36.4 Å². The summed E-state index contributed by atoms with van der Waals surface area (Å²) in [5, 5.41) is 10.4. The monoisotopic (exact) mass is 802 g/mol. The zero-order valence-electron chi connectivity index (χ0n) is 25.2. The fourth-order valence-electron chi connectivity index (χ4n) is 4.43. The minimum Gasteiger partial charge on any atom is -0.332 e. The first-order chi connectivity index (χ1) is 23.0. The molecule has 16 nitrogen and oxygen atoms in total. The molecule has 0 amide bonds. The molecule has 0 radical (unpaired) electrons. The van der Waals surface area contributed by atoms with Crippen LogP contribution in [0.25, 0.3) is 0 Å². The van der Waals surface area contributed by atoms with Crippen molar-refractivity contribution in [3.8, 4) is 0 Å². The first-order valence-electron chi connectivity index (χ1n) is 13.6. The third-order valence-electron chi connectivity index (χ3n) is 6.88. The van der Waals surface area contributed by atoms with Crippen molar-refractivity contribution in [1.82, 2.24) is 0 Å². The third kappa shape index (κ3) is 10.00. The molecule has 4 aromatic carbocycles. The van der Waals surface area contributed by atoms with Crippen LogP contribution in [-0.4, -0.2) is 62.1 Å². The summed E-state index contributed by atoms with van der Waals surface area (Å²) in [6.45, 7) is 1.61. The topological polar surface area (TPSA) is 266 Å². The fourth-order valence-corrected chi connectivity index (χ4v) is 7.21. The van der Waals surface area contributed by atoms with Crippen molar-refractivity contribution in [1.29, 1.82) is 0 Å². The smallest absolute Gasteiger partial charge is 0.296 e. The van der Waals surface area contributed by atoms with E-state index >= 15 is 0 Å². The van der Waals surface area contributed by atoms with E-state index in [1.165, 1.54) is 48.5 Å². The second kappa shape index (κ2) is 14.6. The van der Waals surface area contributed by atoms with Gasteiger partial charge in [0.15, 0.2) is 10.2 Å². The second-order valence-electron chi connectivity index (χ2n) is 10.3. The molecule has 4 rings (SSSR count). The zero-order valence-corrected chi connectivity index (χ0v) is 30.1. The molecule has 0 saturated heterocycles. The van der Waals surface area contributed by atoms with E-state index in [-0.39, 0.29) is 42.8 Å². The Morgan fingerprint density at radius 3 is 1.10 bits per heavy atom. The van der Waals surface area contributed by atoms with Gasteiger partial charge in [0.25, 0.3) is 40.5 Å². The van der Waals surface area contributed by atoms with Crippen LogP contribution in [0.1, 0.15) is 24.0 Å².